The Labute approximate surface area is 133 Å². The van der Waals surface area contributed by atoms with Crippen LogP contribution in [0.25, 0.3) is 0 Å². The summed E-state index contributed by atoms with van der Waals surface area (Å²) in [6.45, 7) is 9.29. The molecule has 0 radical (unpaired) electrons. The van der Waals surface area contributed by atoms with Crippen molar-refractivity contribution in [1.82, 2.24) is 9.97 Å². The molecule has 2 aliphatic rings. The number of aryl methyl sites for hydroxylation is 1. The van der Waals surface area contributed by atoms with Crippen molar-refractivity contribution in [2.75, 3.05) is 49.7 Å². The van der Waals surface area contributed by atoms with Crippen molar-refractivity contribution in [1.29, 1.82) is 0 Å². The smallest absolute Gasteiger partial charge is 0.227 e. The highest BCUT2D eigenvalue weighted by Crippen LogP contribution is 2.29. The van der Waals surface area contributed by atoms with E-state index < -0.39 is 0 Å². The van der Waals surface area contributed by atoms with Crippen molar-refractivity contribution in [3.05, 3.63) is 11.8 Å². The minimum Gasteiger partial charge on any atom is -0.380 e. The summed E-state index contributed by atoms with van der Waals surface area (Å²) in [6, 6.07) is 2.14. The molecule has 22 heavy (non-hydrogen) atoms. The van der Waals surface area contributed by atoms with E-state index >= 15 is 0 Å². The molecule has 0 amide bonds. The van der Waals surface area contributed by atoms with Gasteiger partial charge < -0.3 is 14.5 Å². The van der Waals surface area contributed by atoms with E-state index in [1.54, 1.807) is 0 Å². The summed E-state index contributed by atoms with van der Waals surface area (Å²) in [5.41, 5.74) is 1.39. The normalized spacial score (nSPS) is 20.6. The highest BCUT2D eigenvalue weighted by molar-refractivity contribution is 5.46. The number of ether oxygens (including phenoxy) is 1. The molecule has 122 valence electrons. The van der Waals surface area contributed by atoms with Crippen LogP contribution < -0.4 is 9.80 Å². The monoisotopic (exact) mass is 304 g/mol. The number of aromatic nitrogens is 2. The fraction of sp³-hybridized carbons (Fsp3) is 0.765. The van der Waals surface area contributed by atoms with E-state index in [2.05, 4.69) is 36.8 Å². The molecule has 0 N–H and O–H groups in total. The predicted molar refractivity (Wildman–Crippen MR) is 89.7 cm³/mol. The SMILES string of the molecule is CCc1cc(N(C)CC2(C)COC2)nc(N2CCCCC2)n1. The minimum absolute atomic E-state index is 0.261. The van der Waals surface area contributed by atoms with Crippen LogP contribution >= 0.6 is 0 Å². The van der Waals surface area contributed by atoms with Gasteiger partial charge in [0.15, 0.2) is 0 Å². The van der Waals surface area contributed by atoms with E-state index in [0.29, 0.717) is 0 Å². The Bertz CT molecular complexity index is 509. The molecule has 0 spiro atoms. The zero-order valence-electron chi connectivity index (χ0n) is 14.1. The van der Waals surface area contributed by atoms with Gasteiger partial charge in [0.05, 0.1) is 13.2 Å². The van der Waals surface area contributed by atoms with Gasteiger partial charge in [0.1, 0.15) is 5.82 Å². The third-order valence-electron chi connectivity index (χ3n) is 4.67. The van der Waals surface area contributed by atoms with Crippen molar-refractivity contribution in [3.63, 3.8) is 0 Å². The second-order valence-corrected chi connectivity index (χ2v) is 7.08. The van der Waals surface area contributed by atoms with Gasteiger partial charge in [-0.3, -0.25) is 0 Å². The van der Waals surface area contributed by atoms with Crippen LogP contribution in [-0.2, 0) is 11.2 Å². The number of anilines is 2. The summed E-state index contributed by atoms with van der Waals surface area (Å²) in [5, 5.41) is 0. The summed E-state index contributed by atoms with van der Waals surface area (Å²) < 4.78 is 5.37. The van der Waals surface area contributed by atoms with E-state index in [1.807, 2.05) is 0 Å². The first-order valence-corrected chi connectivity index (χ1v) is 8.51. The van der Waals surface area contributed by atoms with Gasteiger partial charge in [-0.15, -0.1) is 0 Å². The van der Waals surface area contributed by atoms with Crippen molar-refractivity contribution >= 4 is 11.8 Å². The van der Waals surface area contributed by atoms with Gasteiger partial charge in [0, 0.05) is 43.9 Å². The highest BCUT2D eigenvalue weighted by atomic mass is 16.5. The largest absolute Gasteiger partial charge is 0.380 e. The maximum atomic E-state index is 5.37. The number of hydrogen-bond acceptors (Lipinski definition) is 5. The molecule has 2 fully saturated rings. The van der Waals surface area contributed by atoms with E-state index in [9.17, 15) is 0 Å². The van der Waals surface area contributed by atoms with E-state index in [1.165, 1.54) is 19.3 Å². The molecule has 2 saturated heterocycles. The highest BCUT2D eigenvalue weighted by Gasteiger charge is 2.35. The lowest BCUT2D eigenvalue weighted by Gasteiger charge is -2.41. The quantitative estimate of drug-likeness (QED) is 0.836. The van der Waals surface area contributed by atoms with Crippen LogP contribution in [0.4, 0.5) is 11.8 Å². The Kier molecular flexibility index (Phi) is 4.52. The molecule has 3 heterocycles. The number of piperidine rings is 1. The molecule has 0 bridgehead atoms. The Morgan fingerprint density at radius 1 is 1.23 bits per heavy atom. The van der Waals surface area contributed by atoms with Crippen LogP contribution in [0.2, 0.25) is 0 Å². The lowest BCUT2D eigenvalue weighted by Crippen LogP contribution is -2.48. The molecule has 5 nitrogen and oxygen atoms in total. The van der Waals surface area contributed by atoms with Crippen molar-refractivity contribution in [2.45, 2.75) is 39.5 Å². The topological polar surface area (TPSA) is 41.5 Å². The molecule has 5 heteroatoms. The maximum absolute atomic E-state index is 5.37. The summed E-state index contributed by atoms with van der Waals surface area (Å²) >= 11 is 0. The summed E-state index contributed by atoms with van der Waals surface area (Å²) in [4.78, 5) is 14.2. The van der Waals surface area contributed by atoms with Gasteiger partial charge in [0.2, 0.25) is 5.95 Å². The molecule has 0 atom stereocenters. The number of nitrogens with zero attached hydrogens (tertiary/aromatic N) is 4. The Hall–Kier alpha value is -1.36. The molecule has 0 aromatic carbocycles. The van der Waals surface area contributed by atoms with Gasteiger partial charge >= 0.3 is 0 Å². The molecule has 1 aromatic rings. The van der Waals surface area contributed by atoms with Gasteiger partial charge in [-0.05, 0) is 25.7 Å². The fourth-order valence-corrected chi connectivity index (χ4v) is 3.28. The van der Waals surface area contributed by atoms with Gasteiger partial charge in [0.25, 0.3) is 0 Å². The third-order valence-corrected chi connectivity index (χ3v) is 4.67. The first-order chi connectivity index (χ1) is 10.6. The fourth-order valence-electron chi connectivity index (χ4n) is 3.28. The molecule has 0 aliphatic carbocycles. The number of hydrogen-bond donors (Lipinski definition) is 0. The van der Waals surface area contributed by atoms with E-state index in [4.69, 9.17) is 14.7 Å². The van der Waals surface area contributed by atoms with E-state index in [-0.39, 0.29) is 5.41 Å². The number of rotatable bonds is 5. The lowest BCUT2D eigenvalue weighted by atomic mass is 9.88. The van der Waals surface area contributed by atoms with Crippen LogP contribution in [0.3, 0.4) is 0 Å². The average Bonchev–Trinajstić information content (AvgIpc) is 2.53. The summed E-state index contributed by atoms with van der Waals surface area (Å²) in [6.07, 6.45) is 4.78. The first-order valence-electron chi connectivity index (χ1n) is 8.51. The van der Waals surface area contributed by atoms with Crippen LogP contribution in [0.1, 0.15) is 38.8 Å². The molecular formula is C17H28N4O. The average molecular weight is 304 g/mol. The Morgan fingerprint density at radius 3 is 2.55 bits per heavy atom. The molecule has 2 aliphatic heterocycles. The molecule has 0 unspecified atom stereocenters. The van der Waals surface area contributed by atoms with Crippen LogP contribution in [0.15, 0.2) is 6.07 Å². The minimum atomic E-state index is 0.261. The van der Waals surface area contributed by atoms with Crippen molar-refractivity contribution < 1.29 is 4.74 Å². The molecule has 0 saturated carbocycles. The second-order valence-electron chi connectivity index (χ2n) is 7.08. The molecule has 1 aromatic heterocycles. The van der Waals surface area contributed by atoms with Crippen molar-refractivity contribution in [2.24, 2.45) is 5.41 Å². The lowest BCUT2D eigenvalue weighted by molar-refractivity contribution is -0.0952. The molecular weight excluding hydrogens is 276 g/mol. The van der Waals surface area contributed by atoms with Crippen molar-refractivity contribution in [3.8, 4) is 0 Å². The maximum Gasteiger partial charge on any atom is 0.227 e. The third kappa shape index (κ3) is 3.35. The predicted octanol–water partition coefficient (Wildman–Crippen LogP) is 2.50. The Morgan fingerprint density at radius 2 is 1.95 bits per heavy atom. The first kappa shape index (κ1) is 15.5. The Balaban J connectivity index is 1.79. The zero-order chi connectivity index (χ0) is 15.6. The second kappa shape index (κ2) is 6.41. The summed E-state index contributed by atoms with van der Waals surface area (Å²) in [5.74, 6) is 1.96. The molecule has 3 rings (SSSR count). The van der Waals surface area contributed by atoms with Gasteiger partial charge in [-0.25, -0.2) is 4.98 Å². The standard InChI is InChI=1S/C17H28N4O/c1-4-14-10-15(20(3)11-17(2)12-22-13-17)19-16(18-14)21-8-6-5-7-9-21/h10H,4-9,11-13H2,1-3H3. The van der Waals surface area contributed by atoms with Gasteiger partial charge in [-0.1, -0.05) is 13.8 Å². The van der Waals surface area contributed by atoms with Crippen LogP contribution in [-0.4, -0.2) is 49.9 Å². The van der Waals surface area contributed by atoms with E-state index in [0.717, 1.165) is 56.7 Å². The van der Waals surface area contributed by atoms with Crippen LogP contribution in [0.5, 0.6) is 0 Å². The summed E-state index contributed by atoms with van der Waals surface area (Å²) in [7, 11) is 2.13. The van der Waals surface area contributed by atoms with Gasteiger partial charge in [-0.2, -0.15) is 4.98 Å². The van der Waals surface area contributed by atoms with Crippen LogP contribution in [0, 0.1) is 5.41 Å². The zero-order valence-corrected chi connectivity index (χ0v) is 14.1.